The zero-order chi connectivity index (χ0) is 24.4. The minimum absolute atomic E-state index is 0.101. The topological polar surface area (TPSA) is 86.6 Å². The van der Waals surface area contributed by atoms with E-state index >= 15 is 0 Å². The molecular weight excluding hydrogens is 460 g/mol. The Morgan fingerprint density at radius 3 is 2.34 bits per heavy atom. The molecule has 2 heterocycles. The van der Waals surface area contributed by atoms with E-state index in [1.165, 1.54) is 0 Å². The maximum atomic E-state index is 12.7. The van der Waals surface area contributed by atoms with Gasteiger partial charge in [-0.3, -0.25) is 4.90 Å². The lowest BCUT2D eigenvalue weighted by Gasteiger charge is -2.36. The van der Waals surface area contributed by atoms with Gasteiger partial charge >= 0.3 is 0 Å². The molecule has 7 nitrogen and oxygen atoms in total. The Hall–Kier alpha value is -3.49. The van der Waals surface area contributed by atoms with Crippen molar-refractivity contribution < 1.29 is 13.5 Å². The number of piperazine rings is 1. The molecule has 1 N–H and O–H groups in total. The molecule has 0 aliphatic carbocycles. The zero-order valence-electron chi connectivity index (χ0n) is 19.6. The largest absolute Gasteiger partial charge is 0.507 e. The molecule has 0 atom stereocenters. The zero-order valence-corrected chi connectivity index (χ0v) is 20.4. The van der Waals surface area contributed by atoms with Gasteiger partial charge in [0.25, 0.3) is 0 Å². The van der Waals surface area contributed by atoms with Gasteiger partial charge in [-0.2, -0.15) is 0 Å². The highest BCUT2D eigenvalue weighted by Crippen LogP contribution is 2.32. The minimum atomic E-state index is -3.30. The fourth-order valence-electron chi connectivity index (χ4n) is 4.43. The lowest BCUT2D eigenvalue weighted by molar-refractivity contribution is 0.271. The van der Waals surface area contributed by atoms with Crippen molar-refractivity contribution in [3.63, 3.8) is 0 Å². The second-order valence-corrected chi connectivity index (χ2v) is 11.0. The summed E-state index contributed by atoms with van der Waals surface area (Å²) in [4.78, 5) is 14.4. The number of fused-ring (bicyclic) bond motifs is 1. The normalized spacial score (nSPS) is 14.9. The van der Waals surface area contributed by atoms with Gasteiger partial charge in [-0.05, 0) is 48.9 Å². The van der Waals surface area contributed by atoms with Crippen molar-refractivity contribution in [2.75, 3.05) is 43.4 Å². The van der Waals surface area contributed by atoms with Crippen molar-refractivity contribution in [3.8, 4) is 17.1 Å². The number of phenols is 1. The lowest BCUT2D eigenvalue weighted by atomic mass is 10.1. The van der Waals surface area contributed by atoms with Crippen molar-refractivity contribution in [2.24, 2.45) is 0 Å². The van der Waals surface area contributed by atoms with Crippen LogP contribution in [0.1, 0.15) is 5.56 Å². The SMILES string of the molecule is Cc1ccc2c(N3CCN(CCS(=O)(=O)c4ccccc4)CC3)nc(-c3ccccc3O)nc2c1. The van der Waals surface area contributed by atoms with E-state index in [-0.39, 0.29) is 11.5 Å². The molecule has 0 amide bonds. The summed E-state index contributed by atoms with van der Waals surface area (Å²) in [6, 6.07) is 21.9. The van der Waals surface area contributed by atoms with E-state index in [1.807, 2.05) is 37.3 Å². The van der Waals surface area contributed by atoms with Crippen LogP contribution < -0.4 is 4.90 Å². The number of aryl methyl sites for hydroxylation is 1. The summed E-state index contributed by atoms with van der Waals surface area (Å²) in [6.07, 6.45) is 0. The van der Waals surface area contributed by atoms with E-state index < -0.39 is 9.84 Å². The maximum absolute atomic E-state index is 12.7. The fourth-order valence-corrected chi connectivity index (χ4v) is 5.73. The van der Waals surface area contributed by atoms with Crippen LogP contribution in [0.3, 0.4) is 0 Å². The molecule has 0 bridgehead atoms. The number of rotatable bonds is 6. The molecule has 0 spiro atoms. The predicted molar refractivity (Wildman–Crippen MR) is 139 cm³/mol. The first-order valence-corrected chi connectivity index (χ1v) is 13.4. The van der Waals surface area contributed by atoms with Gasteiger partial charge in [0.05, 0.1) is 21.7 Å². The number of benzene rings is 3. The van der Waals surface area contributed by atoms with Crippen molar-refractivity contribution in [1.82, 2.24) is 14.9 Å². The highest BCUT2D eigenvalue weighted by Gasteiger charge is 2.23. The molecule has 35 heavy (non-hydrogen) atoms. The van der Waals surface area contributed by atoms with Gasteiger partial charge in [0.2, 0.25) is 0 Å². The first-order chi connectivity index (χ1) is 16.9. The molecule has 1 fully saturated rings. The van der Waals surface area contributed by atoms with Gasteiger partial charge < -0.3 is 10.0 Å². The Labute approximate surface area is 205 Å². The second kappa shape index (κ2) is 9.64. The quantitative estimate of drug-likeness (QED) is 0.440. The molecule has 1 aromatic heterocycles. The highest BCUT2D eigenvalue weighted by molar-refractivity contribution is 7.91. The molecule has 1 saturated heterocycles. The first kappa shape index (κ1) is 23.3. The standard InChI is InChI=1S/C27H28N4O3S/c1-20-11-12-22-24(19-20)28-26(23-9-5-6-10-25(23)32)29-27(22)31-15-13-30(14-16-31)17-18-35(33,34)21-7-3-2-4-8-21/h2-12,19,32H,13-18H2,1H3. The smallest absolute Gasteiger partial charge is 0.179 e. The maximum Gasteiger partial charge on any atom is 0.179 e. The summed E-state index contributed by atoms with van der Waals surface area (Å²) in [6.45, 7) is 5.47. The number of hydrogen-bond donors (Lipinski definition) is 1. The van der Waals surface area contributed by atoms with Crippen LogP contribution >= 0.6 is 0 Å². The van der Waals surface area contributed by atoms with Crippen LogP contribution in [0.4, 0.5) is 5.82 Å². The summed E-state index contributed by atoms with van der Waals surface area (Å²) >= 11 is 0. The Morgan fingerprint density at radius 1 is 0.886 bits per heavy atom. The van der Waals surface area contributed by atoms with Crippen LogP contribution in [0.2, 0.25) is 0 Å². The third kappa shape index (κ3) is 4.99. The van der Waals surface area contributed by atoms with Crippen molar-refractivity contribution in [3.05, 3.63) is 78.4 Å². The lowest BCUT2D eigenvalue weighted by Crippen LogP contribution is -2.48. The Bertz CT molecular complexity index is 1450. The van der Waals surface area contributed by atoms with Crippen molar-refractivity contribution in [1.29, 1.82) is 0 Å². The molecule has 5 rings (SSSR count). The van der Waals surface area contributed by atoms with Crippen LogP contribution in [0, 0.1) is 6.92 Å². The number of sulfone groups is 1. The van der Waals surface area contributed by atoms with E-state index in [9.17, 15) is 13.5 Å². The van der Waals surface area contributed by atoms with E-state index in [1.54, 1.807) is 36.4 Å². The average molecular weight is 489 g/mol. The second-order valence-electron chi connectivity index (χ2n) is 8.87. The monoisotopic (exact) mass is 488 g/mol. The summed E-state index contributed by atoms with van der Waals surface area (Å²) in [5.74, 6) is 1.58. The van der Waals surface area contributed by atoms with Gasteiger partial charge in [0.1, 0.15) is 11.6 Å². The number of anilines is 1. The molecule has 8 heteroatoms. The van der Waals surface area contributed by atoms with E-state index in [4.69, 9.17) is 9.97 Å². The average Bonchev–Trinajstić information content (AvgIpc) is 2.88. The highest BCUT2D eigenvalue weighted by atomic mass is 32.2. The Kier molecular flexibility index (Phi) is 6.40. The van der Waals surface area contributed by atoms with Gasteiger partial charge in [-0.15, -0.1) is 0 Å². The molecule has 1 aliphatic rings. The Balaban J connectivity index is 1.35. The number of aromatic hydroxyl groups is 1. The van der Waals surface area contributed by atoms with E-state index in [0.29, 0.717) is 22.8 Å². The van der Waals surface area contributed by atoms with Crippen LogP contribution in [0.5, 0.6) is 5.75 Å². The van der Waals surface area contributed by atoms with Crippen LogP contribution in [0.25, 0.3) is 22.3 Å². The summed E-state index contributed by atoms with van der Waals surface area (Å²) in [7, 11) is -3.30. The van der Waals surface area contributed by atoms with Crippen molar-refractivity contribution >= 4 is 26.6 Å². The fraction of sp³-hybridized carbons (Fsp3) is 0.259. The molecule has 3 aromatic carbocycles. The number of nitrogens with zero attached hydrogens (tertiary/aromatic N) is 4. The molecular formula is C27H28N4O3S. The molecule has 0 radical (unpaired) electrons. The van der Waals surface area contributed by atoms with Crippen molar-refractivity contribution in [2.45, 2.75) is 11.8 Å². The van der Waals surface area contributed by atoms with Gasteiger partial charge in [-0.1, -0.05) is 36.4 Å². The molecule has 1 aliphatic heterocycles. The third-order valence-corrected chi connectivity index (χ3v) is 8.14. The van der Waals surface area contributed by atoms with Gasteiger partial charge in [-0.25, -0.2) is 18.4 Å². The summed E-state index contributed by atoms with van der Waals surface area (Å²) < 4.78 is 25.3. The van der Waals surface area contributed by atoms with E-state index in [2.05, 4.69) is 15.9 Å². The van der Waals surface area contributed by atoms with Gasteiger partial charge in [0.15, 0.2) is 15.7 Å². The minimum Gasteiger partial charge on any atom is -0.507 e. The van der Waals surface area contributed by atoms with Crippen LogP contribution in [0.15, 0.2) is 77.7 Å². The molecule has 180 valence electrons. The predicted octanol–water partition coefficient (Wildman–Crippen LogP) is 3.91. The van der Waals surface area contributed by atoms with Crippen LogP contribution in [-0.2, 0) is 9.84 Å². The first-order valence-electron chi connectivity index (χ1n) is 11.7. The number of phenolic OH excluding ortho intramolecular Hbond substituents is 1. The third-order valence-electron chi connectivity index (χ3n) is 6.43. The number of aromatic nitrogens is 2. The number of hydrogen-bond acceptors (Lipinski definition) is 7. The van der Waals surface area contributed by atoms with Crippen LogP contribution in [-0.4, -0.2) is 66.9 Å². The number of para-hydroxylation sites is 1. The summed E-state index contributed by atoms with van der Waals surface area (Å²) in [5, 5.41) is 11.4. The van der Waals surface area contributed by atoms with E-state index in [0.717, 1.165) is 48.5 Å². The summed E-state index contributed by atoms with van der Waals surface area (Å²) in [5.41, 5.74) is 2.54. The Morgan fingerprint density at radius 2 is 1.60 bits per heavy atom. The molecule has 4 aromatic rings. The molecule has 0 saturated carbocycles. The molecule has 0 unspecified atom stereocenters. The van der Waals surface area contributed by atoms with Gasteiger partial charge in [0, 0.05) is 38.1 Å².